The second kappa shape index (κ2) is 8.55. The molecule has 3 heterocycles. The lowest BCUT2D eigenvalue weighted by Crippen LogP contribution is -2.26. The molecule has 138 valence electrons. The lowest BCUT2D eigenvalue weighted by Gasteiger charge is -2.14. The Morgan fingerprint density at radius 1 is 1.42 bits per heavy atom. The zero-order chi connectivity index (χ0) is 18.5. The van der Waals surface area contributed by atoms with Crippen molar-refractivity contribution in [3.63, 3.8) is 0 Å². The maximum Gasteiger partial charge on any atom is 0.340 e. The molecule has 3 rings (SSSR count). The molecule has 8 heteroatoms. The van der Waals surface area contributed by atoms with Gasteiger partial charge in [-0.1, -0.05) is 17.8 Å². The number of aliphatic imine (C=N–C) groups is 1. The van der Waals surface area contributed by atoms with Crippen LogP contribution in [0.1, 0.15) is 39.1 Å². The van der Waals surface area contributed by atoms with E-state index in [1.165, 1.54) is 4.88 Å². The number of rotatable bonds is 6. The lowest BCUT2D eigenvalue weighted by atomic mass is 10.1. The maximum atomic E-state index is 12.1. The van der Waals surface area contributed by atoms with Crippen LogP contribution in [0.2, 0.25) is 0 Å². The Labute approximate surface area is 161 Å². The molecule has 0 fully saturated rings. The number of nitrogens with zero attached hydrogens (tertiary/aromatic N) is 2. The van der Waals surface area contributed by atoms with Gasteiger partial charge in [-0.2, -0.15) is 5.10 Å². The molecule has 1 aliphatic rings. The van der Waals surface area contributed by atoms with E-state index in [2.05, 4.69) is 38.0 Å². The predicted molar refractivity (Wildman–Crippen MR) is 109 cm³/mol. The molecular weight excluding hydrogens is 368 g/mol. The van der Waals surface area contributed by atoms with Crippen LogP contribution in [0.3, 0.4) is 0 Å². The van der Waals surface area contributed by atoms with Crippen LogP contribution in [0.4, 0.5) is 0 Å². The SMILES string of the molecule is CCOC(=O)c1c(C)[nH]c(C2=NNC(=NCCc3cccs3)SC2)c1C. The van der Waals surface area contributed by atoms with E-state index >= 15 is 0 Å². The van der Waals surface area contributed by atoms with Crippen LogP contribution in [0.5, 0.6) is 0 Å². The number of esters is 1. The summed E-state index contributed by atoms with van der Waals surface area (Å²) in [5, 5.41) is 7.36. The minimum atomic E-state index is -0.294. The number of thiophene rings is 1. The first-order chi connectivity index (χ1) is 12.6. The summed E-state index contributed by atoms with van der Waals surface area (Å²) >= 11 is 3.37. The summed E-state index contributed by atoms with van der Waals surface area (Å²) in [7, 11) is 0. The number of hydrogen-bond donors (Lipinski definition) is 2. The van der Waals surface area contributed by atoms with Crippen molar-refractivity contribution in [2.45, 2.75) is 27.2 Å². The number of hydrazone groups is 1. The summed E-state index contributed by atoms with van der Waals surface area (Å²) in [6.07, 6.45) is 0.942. The first-order valence-corrected chi connectivity index (χ1v) is 10.4. The molecule has 0 amide bonds. The molecule has 2 aromatic heterocycles. The van der Waals surface area contributed by atoms with Gasteiger partial charge in [0.15, 0.2) is 5.17 Å². The molecule has 0 spiro atoms. The van der Waals surface area contributed by atoms with Crippen molar-refractivity contribution in [1.29, 1.82) is 0 Å². The summed E-state index contributed by atoms with van der Waals surface area (Å²) in [5.74, 6) is 0.409. The molecule has 0 bridgehead atoms. The number of ether oxygens (including phenoxy) is 1. The molecular formula is C18H22N4O2S2. The highest BCUT2D eigenvalue weighted by Gasteiger charge is 2.23. The average Bonchev–Trinajstić information content (AvgIpc) is 3.24. The summed E-state index contributed by atoms with van der Waals surface area (Å²) < 4.78 is 5.14. The van der Waals surface area contributed by atoms with E-state index in [0.717, 1.165) is 40.8 Å². The average molecular weight is 391 g/mol. The number of aromatic amines is 1. The van der Waals surface area contributed by atoms with Crippen molar-refractivity contribution in [3.8, 4) is 0 Å². The maximum absolute atomic E-state index is 12.1. The number of amidine groups is 1. The Morgan fingerprint density at radius 3 is 2.92 bits per heavy atom. The molecule has 1 aliphatic heterocycles. The molecule has 2 aromatic rings. The highest BCUT2D eigenvalue weighted by Crippen LogP contribution is 2.22. The van der Waals surface area contributed by atoms with Gasteiger partial charge in [0.2, 0.25) is 0 Å². The smallest absolute Gasteiger partial charge is 0.340 e. The number of hydrogen-bond acceptors (Lipinski definition) is 6. The molecule has 0 aromatic carbocycles. The fourth-order valence-corrected chi connectivity index (χ4v) is 4.27. The van der Waals surface area contributed by atoms with Crippen molar-refractivity contribution < 1.29 is 9.53 Å². The van der Waals surface area contributed by atoms with Crippen LogP contribution in [0.25, 0.3) is 0 Å². The van der Waals surface area contributed by atoms with Crippen molar-refractivity contribution in [2.75, 3.05) is 18.9 Å². The van der Waals surface area contributed by atoms with E-state index in [-0.39, 0.29) is 5.97 Å². The highest BCUT2D eigenvalue weighted by atomic mass is 32.2. The van der Waals surface area contributed by atoms with E-state index in [0.29, 0.717) is 17.9 Å². The van der Waals surface area contributed by atoms with Gasteiger partial charge in [-0.25, -0.2) is 4.79 Å². The van der Waals surface area contributed by atoms with Gasteiger partial charge < -0.3 is 9.72 Å². The van der Waals surface area contributed by atoms with Crippen LogP contribution in [0.15, 0.2) is 27.6 Å². The first kappa shape index (κ1) is 18.7. The van der Waals surface area contributed by atoms with Crippen LogP contribution >= 0.6 is 23.1 Å². The van der Waals surface area contributed by atoms with Gasteiger partial charge in [-0.15, -0.1) is 11.3 Å². The van der Waals surface area contributed by atoms with E-state index in [1.807, 2.05) is 13.8 Å². The molecule has 2 N–H and O–H groups in total. The molecule has 0 atom stereocenters. The van der Waals surface area contributed by atoms with Crippen LogP contribution in [-0.2, 0) is 11.2 Å². The van der Waals surface area contributed by atoms with Crippen LogP contribution in [-0.4, -0.2) is 40.7 Å². The Balaban J connectivity index is 1.67. The Kier molecular flexibility index (Phi) is 6.16. The second-order valence-corrected chi connectivity index (χ2v) is 7.82. The molecule has 0 saturated heterocycles. The monoisotopic (exact) mass is 390 g/mol. The first-order valence-electron chi connectivity index (χ1n) is 8.49. The van der Waals surface area contributed by atoms with Crippen LogP contribution < -0.4 is 5.43 Å². The number of H-pyrrole nitrogens is 1. The fraction of sp³-hybridized carbons (Fsp3) is 0.389. The standard InChI is InChI=1S/C18H22N4O2S2/c1-4-24-17(23)15-11(2)16(20-12(15)3)14-10-26-18(22-21-14)19-8-7-13-6-5-9-25-13/h5-6,9,20H,4,7-8,10H2,1-3H3,(H,19,22). The Morgan fingerprint density at radius 2 is 2.27 bits per heavy atom. The van der Waals surface area contributed by atoms with Gasteiger partial charge in [0.25, 0.3) is 0 Å². The molecule has 0 aliphatic carbocycles. The molecule has 0 unspecified atom stereocenters. The van der Waals surface area contributed by atoms with Gasteiger partial charge in [-0.3, -0.25) is 10.4 Å². The second-order valence-electron chi connectivity index (χ2n) is 5.82. The Bertz CT molecular complexity index is 838. The van der Waals surface area contributed by atoms with E-state index in [9.17, 15) is 4.79 Å². The fourth-order valence-electron chi connectivity index (χ4n) is 2.80. The van der Waals surface area contributed by atoms with E-state index < -0.39 is 0 Å². The molecule has 6 nitrogen and oxygen atoms in total. The number of nitrogens with one attached hydrogen (secondary N) is 2. The topological polar surface area (TPSA) is 78.8 Å². The third-order valence-corrected chi connectivity index (χ3v) is 5.88. The van der Waals surface area contributed by atoms with Crippen LogP contribution in [0, 0.1) is 13.8 Å². The zero-order valence-corrected chi connectivity index (χ0v) is 16.7. The predicted octanol–water partition coefficient (Wildman–Crippen LogP) is 3.51. The number of aryl methyl sites for hydroxylation is 1. The van der Waals surface area contributed by atoms with E-state index in [1.54, 1.807) is 30.0 Å². The highest BCUT2D eigenvalue weighted by molar-refractivity contribution is 8.14. The van der Waals surface area contributed by atoms with Gasteiger partial charge in [-0.05, 0) is 37.8 Å². The largest absolute Gasteiger partial charge is 0.462 e. The molecule has 0 radical (unpaired) electrons. The number of aromatic nitrogens is 1. The van der Waals surface area contributed by atoms with Crippen molar-refractivity contribution in [3.05, 3.63) is 44.9 Å². The van der Waals surface area contributed by atoms with Gasteiger partial charge in [0.05, 0.1) is 23.6 Å². The van der Waals surface area contributed by atoms with Crippen molar-refractivity contribution >= 4 is 39.9 Å². The number of carbonyl (C=O) groups excluding carboxylic acids is 1. The van der Waals surface area contributed by atoms with Gasteiger partial charge >= 0.3 is 5.97 Å². The lowest BCUT2D eigenvalue weighted by molar-refractivity contribution is 0.0525. The van der Waals surface area contributed by atoms with Crippen molar-refractivity contribution in [2.24, 2.45) is 10.1 Å². The molecule has 0 saturated carbocycles. The summed E-state index contributed by atoms with van der Waals surface area (Å²) in [6.45, 7) is 6.71. The summed E-state index contributed by atoms with van der Waals surface area (Å²) in [4.78, 5) is 21.3. The summed E-state index contributed by atoms with van der Waals surface area (Å²) in [5.41, 5.74) is 7.06. The molecule has 26 heavy (non-hydrogen) atoms. The third kappa shape index (κ3) is 4.19. The minimum Gasteiger partial charge on any atom is -0.462 e. The number of carbonyl (C=O) groups is 1. The number of thioether (sulfide) groups is 1. The summed E-state index contributed by atoms with van der Waals surface area (Å²) in [6, 6.07) is 4.18. The normalized spacial score (nSPS) is 15.7. The van der Waals surface area contributed by atoms with Crippen molar-refractivity contribution in [1.82, 2.24) is 10.4 Å². The Hall–Kier alpha value is -2.06. The van der Waals surface area contributed by atoms with Gasteiger partial charge in [0, 0.05) is 29.3 Å². The van der Waals surface area contributed by atoms with E-state index in [4.69, 9.17) is 4.74 Å². The minimum absolute atomic E-state index is 0.294. The third-order valence-electron chi connectivity index (χ3n) is 4.03. The quantitative estimate of drug-likeness (QED) is 0.740. The van der Waals surface area contributed by atoms with Gasteiger partial charge in [0.1, 0.15) is 0 Å². The zero-order valence-electron chi connectivity index (χ0n) is 15.1.